The zero-order valence-electron chi connectivity index (χ0n) is 18.0. The fourth-order valence-corrected chi connectivity index (χ4v) is 3.57. The molecule has 0 radical (unpaired) electrons. The predicted octanol–water partition coefficient (Wildman–Crippen LogP) is 1.84. The van der Waals surface area contributed by atoms with Gasteiger partial charge in [0.2, 0.25) is 5.95 Å². The van der Waals surface area contributed by atoms with E-state index in [4.69, 9.17) is 15.2 Å². The van der Waals surface area contributed by atoms with Crippen molar-refractivity contribution >= 4 is 23.1 Å². The van der Waals surface area contributed by atoms with Crippen LogP contribution >= 0.6 is 0 Å². The third-order valence-corrected chi connectivity index (χ3v) is 5.32. The van der Waals surface area contributed by atoms with Crippen LogP contribution in [0.4, 0.5) is 5.95 Å². The van der Waals surface area contributed by atoms with Gasteiger partial charge in [0.05, 0.1) is 32.5 Å². The highest BCUT2D eigenvalue weighted by atomic mass is 16.5. The Kier molecular flexibility index (Phi) is 6.41. The Morgan fingerprint density at radius 1 is 1.41 bits per heavy atom. The van der Waals surface area contributed by atoms with Crippen molar-refractivity contribution in [2.24, 2.45) is 0 Å². The van der Waals surface area contributed by atoms with Crippen LogP contribution in [0, 0.1) is 0 Å². The van der Waals surface area contributed by atoms with E-state index in [1.54, 1.807) is 30.1 Å². The molecule has 4 rings (SSSR count). The second kappa shape index (κ2) is 9.56. The number of anilines is 1. The molecular formula is C22H25N7O3. The van der Waals surface area contributed by atoms with Gasteiger partial charge >= 0.3 is 0 Å². The SMILES string of the molecule is COc1cccc2c(-c3cn(C/C(C=O)=C/C=C\N(C)C4CCOC4)nn3)nc(N)nc12. The van der Waals surface area contributed by atoms with Gasteiger partial charge in [-0.2, -0.15) is 0 Å². The molecule has 0 amide bonds. The summed E-state index contributed by atoms with van der Waals surface area (Å²) in [5.41, 5.74) is 8.15. The fourth-order valence-electron chi connectivity index (χ4n) is 3.57. The molecule has 1 fully saturated rings. The van der Waals surface area contributed by atoms with Gasteiger partial charge < -0.3 is 20.1 Å². The Bertz CT molecular complexity index is 1170. The third-order valence-electron chi connectivity index (χ3n) is 5.32. The standard InChI is InChI=1S/C22H25N7O3/c1-28(16-8-10-32-14-16)9-4-5-15(13-30)11-29-12-18(26-27-29)20-17-6-3-7-19(31-2)21(17)25-22(23)24-20/h3-7,9,12-13,16H,8,10-11,14H2,1-2H3,(H2,23,24,25)/b9-4-,15-5-. The maximum absolute atomic E-state index is 11.6. The van der Waals surface area contributed by atoms with Crippen LogP contribution in [0.15, 0.2) is 48.3 Å². The molecule has 0 bridgehead atoms. The molecule has 1 aliphatic rings. The summed E-state index contributed by atoms with van der Waals surface area (Å²) in [7, 11) is 3.57. The number of hydrogen-bond acceptors (Lipinski definition) is 9. The fraction of sp³-hybridized carbons (Fsp3) is 0.318. The number of aldehydes is 1. The number of nitrogens with zero attached hydrogens (tertiary/aromatic N) is 6. The summed E-state index contributed by atoms with van der Waals surface area (Å²) in [5.74, 6) is 0.708. The summed E-state index contributed by atoms with van der Waals surface area (Å²) in [6.45, 7) is 1.78. The van der Waals surface area contributed by atoms with Crippen molar-refractivity contribution in [3.05, 3.63) is 48.3 Å². The Labute approximate surface area is 185 Å². The molecule has 32 heavy (non-hydrogen) atoms. The molecule has 3 aromatic rings. The molecule has 0 aliphatic carbocycles. The minimum absolute atomic E-state index is 0.113. The third kappa shape index (κ3) is 4.59. The van der Waals surface area contributed by atoms with E-state index in [2.05, 4.69) is 25.2 Å². The van der Waals surface area contributed by atoms with Gasteiger partial charge in [-0.25, -0.2) is 14.6 Å². The van der Waals surface area contributed by atoms with Gasteiger partial charge in [0.15, 0.2) is 0 Å². The average Bonchev–Trinajstić information content (AvgIpc) is 3.50. The summed E-state index contributed by atoms with van der Waals surface area (Å²) >= 11 is 0. The number of benzene rings is 1. The van der Waals surface area contributed by atoms with Crippen molar-refractivity contribution < 1.29 is 14.3 Å². The van der Waals surface area contributed by atoms with Crippen LogP contribution < -0.4 is 10.5 Å². The molecule has 2 N–H and O–H groups in total. The van der Waals surface area contributed by atoms with E-state index < -0.39 is 0 Å². The first-order chi connectivity index (χ1) is 15.6. The lowest BCUT2D eigenvalue weighted by Crippen LogP contribution is -2.26. The number of nitrogen functional groups attached to an aromatic ring is 1. The van der Waals surface area contributed by atoms with Crippen LogP contribution in [0.3, 0.4) is 0 Å². The lowest BCUT2D eigenvalue weighted by molar-refractivity contribution is -0.105. The summed E-state index contributed by atoms with van der Waals surface area (Å²) < 4.78 is 12.4. The van der Waals surface area contributed by atoms with Gasteiger partial charge in [-0.05, 0) is 24.8 Å². The molecule has 0 spiro atoms. The molecule has 1 saturated heterocycles. The van der Waals surface area contributed by atoms with Crippen LogP contribution in [0.5, 0.6) is 5.75 Å². The van der Waals surface area contributed by atoms with Gasteiger partial charge in [0.25, 0.3) is 0 Å². The van der Waals surface area contributed by atoms with Crippen LogP contribution in [-0.4, -0.2) is 69.6 Å². The van der Waals surface area contributed by atoms with Crippen molar-refractivity contribution in [3.63, 3.8) is 0 Å². The first kappa shape index (κ1) is 21.4. The number of carbonyl (C=O) groups is 1. The number of carbonyl (C=O) groups excluding carboxylic acids is 1. The molecule has 0 saturated carbocycles. The second-order valence-electron chi connectivity index (χ2n) is 7.47. The van der Waals surface area contributed by atoms with E-state index in [-0.39, 0.29) is 12.5 Å². The number of methoxy groups -OCH3 is 1. The number of para-hydroxylation sites is 1. The Hall–Kier alpha value is -3.79. The van der Waals surface area contributed by atoms with Gasteiger partial charge in [-0.15, -0.1) is 5.10 Å². The first-order valence-corrected chi connectivity index (χ1v) is 10.2. The van der Waals surface area contributed by atoms with Gasteiger partial charge in [-0.1, -0.05) is 23.4 Å². The number of hydrogen-bond donors (Lipinski definition) is 1. The van der Waals surface area contributed by atoms with Crippen LogP contribution in [0.25, 0.3) is 22.3 Å². The monoisotopic (exact) mass is 435 g/mol. The lowest BCUT2D eigenvalue weighted by atomic mass is 10.1. The summed E-state index contributed by atoms with van der Waals surface area (Å²) in [5, 5.41) is 9.12. The number of nitrogens with two attached hydrogens (primary N) is 1. The summed E-state index contributed by atoms with van der Waals surface area (Å²) in [6.07, 6.45) is 9.10. The number of fused-ring (bicyclic) bond motifs is 1. The summed E-state index contributed by atoms with van der Waals surface area (Å²) in [4.78, 5) is 22.3. The molecule has 3 heterocycles. The predicted molar refractivity (Wildman–Crippen MR) is 120 cm³/mol. The number of rotatable bonds is 8. The van der Waals surface area contributed by atoms with E-state index in [0.29, 0.717) is 34.3 Å². The van der Waals surface area contributed by atoms with E-state index in [9.17, 15) is 4.79 Å². The van der Waals surface area contributed by atoms with Crippen molar-refractivity contribution in [1.29, 1.82) is 0 Å². The largest absolute Gasteiger partial charge is 0.494 e. The van der Waals surface area contributed by atoms with Crippen molar-refractivity contribution in [1.82, 2.24) is 29.9 Å². The molecule has 1 unspecified atom stereocenters. The van der Waals surface area contributed by atoms with Crippen molar-refractivity contribution in [3.8, 4) is 17.1 Å². The minimum Gasteiger partial charge on any atom is -0.494 e. The maximum Gasteiger partial charge on any atom is 0.221 e. The molecule has 1 atom stereocenters. The number of ether oxygens (including phenoxy) is 2. The maximum atomic E-state index is 11.6. The van der Waals surface area contributed by atoms with E-state index >= 15 is 0 Å². The molecule has 10 nitrogen and oxygen atoms in total. The van der Waals surface area contributed by atoms with Crippen molar-refractivity contribution in [2.75, 3.05) is 33.1 Å². The van der Waals surface area contributed by atoms with Crippen molar-refractivity contribution in [2.45, 2.75) is 19.0 Å². The zero-order chi connectivity index (χ0) is 22.5. The molecule has 2 aromatic heterocycles. The zero-order valence-corrected chi connectivity index (χ0v) is 18.0. The van der Waals surface area contributed by atoms with E-state index in [1.807, 2.05) is 31.5 Å². The topological polar surface area (TPSA) is 121 Å². The highest BCUT2D eigenvalue weighted by Crippen LogP contribution is 2.30. The quantitative estimate of drug-likeness (QED) is 0.321. The molecule has 166 valence electrons. The summed E-state index contributed by atoms with van der Waals surface area (Å²) in [6, 6.07) is 5.90. The number of aromatic nitrogens is 5. The van der Waals surface area contributed by atoms with E-state index in [0.717, 1.165) is 31.3 Å². The lowest BCUT2D eigenvalue weighted by Gasteiger charge is -2.20. The smallest absolute Gasteiger partial charge is 0.221 e. The van der Waals surface area contributed by atoms with Crippen LogP contribution in [-0.2, 0) is 16.1 Å². The molecule has 1 aromatic carbocycles. The normalized spacial score (nSPS) is 16.7. The van der Waals surface area contributed by atoms with Gasteiger partial charge in [-0.3, -0.25) is 4.79 Å². The minimum atomic E-state index is 0.113. The highest BCUT2D eigenvalue weighted by molar-refractivity contribution is 5.95. The van der Waals surface area contributed by atoms with Crippen LogP contribution in [0.2, 0.25) is 0 Å². The molecular weight excluding hydrogens is 410 g/mol. The molecule has 10 heteroatoms. The first-order valence-electron chi connectivity index (χ1n) is 10.2. The van der Waals surface area contributed by atoms with Crippen LogP contribution in [0.1, 0.15) is 6.42 Å². The average molecular weight is 435 g/mol. The van der Waals surface area contributed by atoms with Gasteiger partial charge in [0.1, 0.15) is 28.9 Å². The Balaban J connectivity index is 1.54. The molecule has 1 aliphatic heterocycles. The van der Waals surface area contributed by atoms with E-state index in [1.165, 1.54) is 0 Å². The highest BCUT2D eigenvalue weighted by Gasteiger charge is 2.18. The number of allylic oxidation sites excluding steroid dienone is 3. The Morgan fingerprint density at radius 3 is 3.03 bits per heavy atom. The Morgan fingerprint density at radius 2 is 2.28 bits per heavy atom. The number of likely N-dealkylation sites (N-methyl/N-ethyl adjacent to an activating group) is 1. The second-order valence-corrected chi connectivity index (χ2v) is 7.47. The van der Waals surface area contributed by atoms with Gasteiger partial charge in [0, 0.05) is 24.6 Å².